The molecule has 1 atom stereocenters. The minimum Gasteiger partial charge on any atom is -0.336 e. The zero-order valence-corrected chi connectivity index (χ0v) is 12.8. The molecule has 3 heterocycles. The maximum Gasteiger partial charge on any atom is 0.264 e. The van der Waals surface area contributed by atoms with Gasteiger partial charge in [0.2, 0.25) is 0 Å². The average molecular weight is 313 g/mol. The first-order chi connectivity index (χ1) is 9.27. The molecule has 5 nitrogen and oxygen atoms in total. The SMILES string of the molecule is Cl.Cn1ccnc1C1CNCCN1C(=O)c1cccs1. The number of piperazine rings is 1. The second-order valence-corrected chi connectivity index (χ2v) is 5.54. The van der Waals surface area contributed by atoms with Crippen LogP contribution in [0.1, 0.15) is 21.5 Å². The van der Waals surface area contributed by atoms with Crippen LogP contribution in [0.3, 0.4) is 0 Å². The Bertz CT molecular complexity index is 569. The standard InChI is InChI=1S/C13H16N4OS.ClH/c1-16-6-5-15-12(16)10-9-14-4-7-17(10)13(18)11-3-2-8-19-11;/h2-3,5-6,8,10,14H,4,7,9H2,1H3;1H. The molecule has 1 aliphatic rings. The first-order valence-corrected chi connectivity index (χ1v) is 7.18. The summed E-state index contributed by atoms with van der Waals surface area (Å²) < 4.78 is 1.98. The van der Waals surface area contributed by atoms with Crippen LogP contribution in [0.2, 0.25) is 0 Å². The summed E-state index contributed by atoms with van der Waals surface area (Å²) in [5.74, 6) is 1.03. The number of rotatable bonds is 2. The van der Waals surface area contributed by atoms with Gasteiger partial charge in [0, 0.05) is 39.1 Å². The Balaban J connectivity index is 0.00000147. The van der Waals surface area contributed by atoms with Gasteiger partial charge < -0.3 is 14.8 Å². The number of hydrogen-bond donors (Lipinski definition) is 1. The lowest BCUT2D eigenvalue weighted by Gasteiger charge is -2.35. The lowest BCUT2D eigenvalue weighted by molar-refractivity contribution is 0.0626. The van der Waals surface area contributed by atoms with E-state index in [0.29, 0.717) is 6.54 Å². The van der Waals surface area contributed by atoms with Crippen molar-refractivity contribution < 1.29 is 4.79 Å². The number of amides is 1. The van der Waals surface area contributed by atoms with Gasteiger partial charge in [-0.05, 0) is 11.4 Å². The number of carbonyl (C=O) groups is 1. The van der Waals surface area contributed by atoms with Crippen molar-refractivity contribution in [1.29, 1.82) is 0 Å². The van der Waals surface area contributed by atoms with E-state index in [-0.39, 0.29) is 24.4 Å². The number of thiophene rings is 1. The van der Waals surface area contributed by atoms with Crippen LogP contribution in [0.25, 0.3) is 0 Å². The fraction of sp³-hybridized carbons (Fsp3) is 0.385. The fourth-order valence-corrected chi connectivity index (χ4v) is 3.10. The third kappa shape index (κ3) is 2.72. The zero-order valence-electron chi connectivity index (χ0n) is 11.2. The van der Waals surface area contributed by atoms with Crippen LogP contribution in [0, 0.1) is 0 Å². The van der Waals surface area contributed by atoms with Gasteiger partial charge >= 0.3 is 0 Å². The van der Waals surface area contributed by atoms with E-state index >= 15 is 0 Å². The van der Waals surface area contributed by atoms with E-state index in [1.165, 1.54) is 11.3 Å². The van der Waals surface area contributed by atoms with Crippen molar-refractivity contribution in [3.8, 4) is 0 Å². The van der Waals surface area contributed by atoms with Gasteiger partial charge in [0.15, 0.2) is 0 Å². The molecule has 0 bridgehead atoms. The van der Waals surface area contributed by atoms with Crippen molar-refractivity contribution in [2.75, 3.05) is 19.6 Å². The Labute approximate surface area is 128 Å². The molecule has 1 N–H and O–H groups in total. The molecule has 108 valence electrons. The Morgan fingerprint density at radius 1 is 1.55 bits per heavy atom. The van der Waals surface area contributed by atoms with Gasteiger partial charge in [-0.1, -0.05) is 6.07 Å². The molecule has 1 saturated heterocycles. The summed E-state index contributed by atoms with van der Waals surface area (Å²) in [5, 5.41) is 5.27. The molecule has 0 saturated carbocycles. The van der Waals surface area contributed by atoms with Crippen molar-refractivity contribution >= 4 is 29.7 Å². The van der Waals surface area contributed by atoms with Crippen LogP contribution in [0.5, 0.6) is 0 Å². The molecule has 2 aromatic heterocycles. The number of aryl methyl sites for hydroxylation is 1. The van der Waals surface area contributed by atoms with E-state index in [4.69, 9.17) is 0 Å². The van der Waals surface area contributed by atoms with E-state index in [0.717, 1.165) is 23.8 Å². The predicted octanol–water partition coefficient (Wildman–Crippen LogP) is 1.69. The van der Waals surface area contributed by atoms with Gasteiger partial charge in [0.25, 0.3) is 5.91 Å². The fourth-order valence-electron chi connectivity index (χ4n) is 2.42. The molecule has 0 radical (unpaired) electrons. The molecule has 0 spiro atoms. The van der Waals surface area contributed by atoms with E-state index < -0.39 is 0 Å². The highest BCUT2D eigenvalue weighted by atomic mass is 35.5. The molecule has 3 rings (SSSR count). The monoisotopic (exact) mass is 312 g/mol. The van der Waals surface area contributed by atoms with Crippen LogP contribution in [-0.4, -0.2) is 40.0 Å². The number of nitrogens with one attached hydrogen (secondary N) is 1. The highest BCUT2D eigenvalue weighted by molar-refractivity contribution is 7.12. The second-order valence-electron chi connectivity index (χ2n) is 4.59. The number of imidazole rings is 1. The smallest absolute Gasteiger partial charge is 0.264 e. The van der Waals surface area contributed by atoms with E-state index in [2.05, 4.69) is 10.3 Å². The largest absolute Gasteiger partial charge is 0.336 e. The van der Waals surface area contributed by atoms with Gasteiger partial charge in [0.05, 0.1) is 4.88 Å². The summed E-state index contributed by atoms with van der Waals surface area (Å²) in [6.45, 7) is 2.30. The summed E-state index contributed by atoms with van der Waals surface area (Å²) in [6, 6.07) is 3.80. The summed E-state index contributed by atoms with van der Waals surface area (Å²) >= 11 is 1.49. The number of aromatic nitrogens is 2. The lowest BCUT2D eigenvalue weighted by Crippen LogP contribution is -2.49. The van der Waals surface area contributed by atoms with Gasteiger partial charge in [-0.3, -0.25) is 4.79 Å². The maximum absolute atomic E-state index is 12.5. The quantitative estimate of drug-likeness (QED) is 0.918. The first kappa shape index (κ1) is 15.0. The van der Waals surface area contributed by atoms with Crippen molar-refractivity contribution in [3.05, 3.63) is 40.6 Å². The predicted molar refractivity (Wildman–Crippen MR) is 81.4 cm³/mol. The Morgan fingerprint density at radius 3 is 3.05 bits per heavy atom. The Hall–Kier alpha value is -1.37. The highest BCUT2D eigenvalue weighted by Gasteiger charge is 2.31. The summed E-state index contributed by atoms with van der Waals surface area (Å²) in [6.07, 6.45) is 3.69. The third-order valence-corrected chi connectivity index (χ3v) is 4.25. The molecular weight excluding hydrogens is 296 g/mol. The van der Waals surface area contributed by atoms with Crippen molar-refractivity contribution in [2.45, 2.75) is 6.04 Å². The minimum absolute atomic E-state index is 0. The van der Waals surface area contributed by atoms with E-state index in [9.17, 15) is 4.79 Å². The van der Waals surface area contributed by atoms with Gasteiger partial charge in [-0.15, -0.1) is 23.7 Å². The summed E-state index contributed by atoms with van der Waals surface area (Å²) in [5.41, 5.74) is 0. The van der Waals surface area contributed by atoms with E-state index in [1.54, 1.807) is 6.20 Å². The van der Waals surface area contributed by atoms with Crippen LogP contribution in [0.15, 0.2) is 29.9 Å². The molecule has 20 heavy (non-hydrogen) atoms. The summed E-state index contributed by atoms with van der Waals surface area (Å²) in [7, 11) is 1.96. The number of hydrogen-bond acceptors (Lipinski definition) is 4. The topological polar surface area (TPSA) is 50.2 Å². The third-order valence-electron chi connectivity index (χ3n) is 3.39. The highest BCUT2D eigenvalue weighted by Crippen LogP contribution is 2.24. The number of nitrogens with zero attached hydrogens (tertiary/aromatic N) is 3. The second kappa shape index (κ2) is 6.39. The molecule has 1 aliphatic heterocycles. The lowest BCUT2D eigenvalue weighted by atomic mass is 10.1. The van der Waals surface area contributed by atoms with Crippen LogP contribution >= 0.6 is 23.7 Å². The molecule has 2 aromatic rings. The molecular formula is C13H17ClN4OS. The number of halogens is 1. The van der Waals surface area contributed by atoms with Gasteiger partial charge in [-0.2, -0.15) is 0 Å². The Kier molecular flexibility index (Phi) is 4.80. The Morgan fingerprint density at radius 2 is 2.40 bits per heavy atom. The molecule has 1 amide bonds. The van der Waals surface area contributed by atoms with Crippen molar-refractivity contribution in [1.82, 2.24) is 19.8 Å². The molecule has 7 heteroatoms. The first-order valence-electron chi connectivity index (χ1n) is 6.30. The maximum atomic E-state index is 12.5. The van der Waals surface area contributed by atoms with Gasteiger partial charge in [-0.25, -0.2) is 4.98 Å². The normalized spacial score (nSPS) is 18.6. The molecule has 1 fully saturated rings. The van der Waals surface area contributed by atoms with Crippen LogP contribution in [-0.2, 0) is 7.05 Å². The summed E-state index contributed by atoms with van der Waals surface area (Å²) in [4.78, 5) is 19.6. The zero-order chi connectivity index (χ0) is 13.2. The van der Waals surface area contributed by atoms with Crippen LogP contribution < -0.4 is 5.32 Å². The number of carbonyl (C=O) groups excluding carboxylic acids is 1. The molecule has 0 aromatic carbocycles. The van der Waals surface area contributed by atoms with Crippen molar-refractivity contribution in [3.63, 3.8) is 0 Å². The van der Waals surface area contributed by atoms with E-state index in [1.807, 2.05) is 40.2 Å². The molecule has 1 unspecified atom stereocenters. The van der Waals surface area contributed by atoms with Gasteiger partial charge in [0.1, 0.15) is 11.9 Å². The molecule has 0 aliphatic carbocycles. The average Bonchev–Trinajstić information content (AvgIpc) is 3.09. The minimum atomic E-state index is 0. The van der Waals surface area contributed by atoms with Crippen molar-refractivity contribution in [2.24, 2.45) is 7.05 Å². The van der Waals surface area contributed by atoms with Crippen LogP contribution in [0.4, 0.5) is 0 Å².